The Bertz CT molecular complexity index is 791. The van der Waals surface area contributed by atoms with Crippen molar-refractivity contribution in [2.45, 2.75) is 124 Å². The van der Waals surface area contributed by atoms with Gasteiger partial charge in [0, 0.05) is 18.8 Å². The van der Waals surface area contributed by atoms with E-state index in [1.807, 2.05) is 0 Å². The standard InChI is InChI=1S/C30H50O4/c1-18(2)19(3)8-9-20(4)24-10-11-25-23-16-27(32)30(33)17-22(34-21(5)31)12-15-29(30,7)26(23)13-14-28(24,25)6/h18,20,22-27,32-33H,3,8-17H2,1-2,4-7H3/t20-,22+,23+,24-,25+,26+,27-,28-,29-,30+/m1/s1. The van der Waals surface area contributed by atoms with Crippen molar-refractivity contribution in [1.29, 1.82) is 0 Å². The van der Waals surface area contributed by atoms with Crippen molar-refractivity contribution in [2.75, 3.05) is 0 Å². The second-order valence-electron chi connectivity index (χ2n) is 13.5. The van der Waals surface area contributed by atoms with Crippen LogP contribution < -0.4 is 0 Å². The Balaban J connectivity index is 1.51. The molecule has 0 unspecified atom stereocenters. The van der Waals surface area contributed by atoms with Crippen LogP contribution in [-0.2, 0) is 9.53 Å². The molecule has 194 valence electrons. The summed E-state index contributed by atoms with van der Waals surface area (Å²) < 4.78 is 5.50. The van der Waals surface area contributed by atoms with Crippen molar-refractivity contribution in [1.82, 2.24) is 0 Å². The van der Waals surface area contributed by atoms with Crippen molar-refractivity contribution >= 4 is 5.97 Å². The number of fused-ring (bicyclic) bond motifs is 5. The Morgan fingerprint density at radius 3 is 2.44 bits per heavy atom. The highest BCUT2D eigenvalue weighted by molar-refractivity contribution is 5.66. The molecule has 2 N–H and O–H groups in total. The van der Waals surface area contributed by atoms with Crippen LogP contribution in [0.5, 0.6) is 0 Å². The number of allylic oxidation sites excluding steroid dienone is 1. The number of ether oxygens (including phenoxy) is 1. The topological polar surface area (TPSA) is 66.8 Å². The second kappa shape index (κ2) is 9.21. The SMILES string of the molecule is C=C(CC[C@@H](C)[C@H]1CC[C@H]2[C@@H]3C[C@@H](O)[C@@]4(O)C[C@@H](OC(C)=O)CC[C@]4(C)[C@H]3CC[C@]12C)C(C)C. The molecule has 4 heteroatoms. The van der Waals surface area contributed by atoms with E-state index in [4.69, 9.17) is 4.74 Å². The van der Waals surface area contributed by atoms with E-state index < -0.39 is 11.7 Å². The molecule has 4 aliphatic rings. The van der Waals surface area contributed by atoms with Gasteiger partial charge >= 0.3 is 5.97 Å². The highest BCUT2D eigenvalue weighted by Crippen LogP contribution is 2.69. The Morgan fingerprint density at radius 2 is 1.79 bits per heavy atom. The summed E-state index contributed by atoms with van der Waals surface area (Å²) in [6.45, 7) is 17.5. The third kappa shape index (κ3) is 4.09. The van der Waals surface area contributed by atoms with Gasteiger partial charge in [0.2, 0.25) is 0 Å². The van der Waals surface area contributed by atoms with Crippen molar-refractivity contribution < 1.29 is 19.7 Å². The number of hydrogen-bond acceptors (Lipinski definition) is 4. The molecule has 0 spiro atoms. The summed E-state index contributed by atoms with van der Waals surface area (Å²) in [5, 5.41) is 23.3. The number of esters is 1. The fourth-order valence-electron chi connectivity index (χ4n) is 9.46. The summed E-state index contributed by atoms with van der Waals surface area (Å²) >= 11 is 0. The van der Waals surface area contributed by atoms with Gasteiger partial charge in [0.1, 0.15) is 6.10 Å². The van der Waals surface area contributed by atoms with E-state index in [0.29, 0.717) is 47.8 Å². The van der Waals surface area contributed by atoms with Crippen molar-refractivity contribution in [3.63, 3.8) is 0 Å². The van der Waals surface area contributed by atoms with E-state index in [9.17, 15) is 15.0 Å². The summed E-state index contributed by atoms with van der Waals surface area (Å²) in [4.78, 5) is 11.6. The first kappa shape index (κ1) is 26.2. The summed E-state index contributed by atoms with van der Waals surface area (Å²) in [6.07, 6.45) is 8.93. The summed E-state index contributed by atoms with van der Waals surface area (Å²) in [5.41, 5.74) is 0.233. The molecule has 4 fully saturated rings. The van der Waals surface area contributed by atoms with Gasteiger partial charge in [0.15, 0.2) is 0 Å². The third-order valence-corrected chi connectivity index (χ3v) is 11.6. The molecule has 34 heavy (non-hydrogen) atoms. The molecule has 0 amide bonds. The Labute approximate surface area is 207 Å². The molecule has 0 bridgehead atoms. The van der Waals surface area contributed by atoms with Crippen LogP contribution >= 0.6 is 0 Å². The van der Waals surface area contributed by atoms with Crippen molar-refractivity contribution in [3.8, 4) is 0 Å². The smallest absolute Gasteiger partial charge is 0.302 e. The number of carbonyl (C=O) groups is 1. The predicted octanol–water partition coefficient (Wildman–Crippen LogP) is 6.29. The zero-order chi connectivity index (χ0) is 25.1. The zero-order valence-corrected chi connectivity index (χ0v) is 22.6. The average molecular weight is 475 g/mol. The Kier molecular flexibility index (Phi) is 7.10. The second-order valence-corrected chi connectivity index (χ2v) is 13.5. The highest BCUT2D eigenvalue weighted by Gasteiger charge is 2.67. The maximum Gasteiger partial charge on any atom is 0.302 e. The molecular weight excluding hydrogens is 424 g/mol. The van der Waals surface area contributed by atoms with Gasteiger partial charge in [-0.1, -0.05) is 46.8 Å². The van der Waals surface area contributed by atoms with Crippen LogP contribution in [0.3, 0.4) is 0 Å². The van der Waals surface area contributed by atoms with E-state index in [0.717, 1.165) is 31.6 Å². The minimum Gasteiger partial charge on any atom is -0.462 e. The quantitative estimate of drug-likeness (QED) is 0.351. The van der Waals surface area contributed by atoms with E-state index in [2.05, 4.69) is 41.2 Å². The number of carbonyl (C=O) groups excluding carboxylic acids is 1. The molecule has 4 nitrogen and oxygen atoms in total. The average Bonchev–Trinajstić information content (AvgIpc) is 3.11. The maximum absolute atomic E-state index is 11.9. The third-order valence-electron chi connectivity index (χ3n) is 11.6. The normalized spacial score (nSPS) is 46.9. The van der Waals surface area contributed by atoms with Crippen molar-refractivity contribution in [3.05, 3.63) is 12.2 Å². The van der Waals surface area contributed by atoms with Crippen LogP contribution in [0.1, 0.15) is 106 Å². The Morgan fingerprint density at radius 1 is 1.09 bits per heavy atom. The maximum atomic E-state index is 11.9. The molecule has 0 heterocycles. The number of hydrogen-bond donors (Lipinski definition) is 2. The molecule has 0 aromatic rings. The summed E-state index contributed by atoms with van der Waals surface area (Å²) in [6, 6.07) is 0. The lowest BCUT2D eigenvalue weighted by molar-refractivity contribution is -0.266. The van der Waals surface area contributed by atoms with Crippen LogP contribution in [0, 0.1) is 46.3 Å². The largest absolute Gasteiger partial charge is 0.462 e. The van der Waals surface area contributed by atoms with E-state index in [1.165, 1.54) is 38.2 Å². The molecule has 4 saturated carbocycles. The predicted molar refractivity (Wildman–Crippen MR) is 136 cm³/mol. The monoisotopic (exact) mass is 474 g/mol. The number of aliphatic hydroxyl groups is 2. The number of aliphatic hydroxyl groups excluding tert-OH is 1. The summed E-state index contributed by atoms with van der Waals surface area (Å²) in [5.74, 6) is 3.25. The van der Waals surface area contributed by atoms with E-state index in [-0.39, 0.29) is 17.5 Å². The minimum atomic E-state index is -1.16. The van der Waals surface area contributed by atoms with Gasteiger partial charge in [0.05, 0.1) is 11.7 Å². The fourth-order valence-corrected chi connectivity index (χ4v) is 9.46. The fraction of sp³-hybridized carbons (Fsp3) is 0.900. The molecule has 0 aromatic carbocycles. The van der Waals surface area contributed by atoms with Crippen LogP contribution in [0.4, 0.5) is 0 Å². The first-order valence-corrected chi connectivity index (χ1v) is 14.1. The first-order valence-electron chi connectivity index (χ1n) is 14.1. The van der Waals surface area contributed by atoms with Crippen LogP contribution in [0.25, 0.3) is 0 Å². The van der Waals surface area contributed by atoms with Crippen LogP contribution in [-0.4, -0.2) is 34.0 Å². The van der Waals surface area contributed by atoms with E-state index >= 15 is 0 Å². The number of rotatable bonds is 6. The van der Waals surface area contributed by atoms with Crippen LogP contribution in [0.15, 0.2) is 12.2 Å². The lowest BCUT2D eigenvalue weighted by Gasteiger charge is -2.65. The molecule has 0 radical (unpaired) electrons. The lowest BCUT2D eigenvalue weighted by atomic mass is 9.42. The van der Waals surface area contributed by atoms with Gasteiger partial charge in [-0.15, -0.1) is 0 Å². The molecule has 0 aliphatic heterocycles. The van der Waals surface area contributed by atoms with Gasteiger partial charge in [-0.2, -0.15) is 0 Å². The highest BCUT2D eigenvalue weighted by atomic mass is 16.5. The minimum absolute atomic E-state index is 0.284. The van der Waals surface area contributed by atoms with Gasteiger partial charge in [-0.25, -0.2) is 0 Å². The molecular formula is C30H50O4. The van der Waals surface area contributed by atoms with Gasteiger partial charge in [-0.05, 0) is 98.7 Å². The Hall–Kier alpha value is -0.870. The van der Waals surface area contributed by atoms with Gasteiger partial charge < -0.3 is 14.9 Å². The van der Waals surface area contributed by atoms with Crippen molar-refractivity contribution in [2.24, 2.45) is 46.3 Å². The molecule has 4 aliphatic carbocycles. The lowest BCUT2D eigenvalue weighted by Crippen LogP contribution is -2.68. The molecule has 10 atom stereocenters. The molecule has 0 aromatic heterocycles. The van der Waals surface area contributed by atoms with E-state index in [1.54, 1.807) is 0 Å². The van der Waals surface area contributed by atoms with Gasteiger partial charge in [0.25, 0.3) is 0 Å². The zero-order valence-electron chi connectivity index (χ0n) is 22.6. The van der Waals surface area contributed by atoms with Crippen LogP contribution in [0.2, 0.25) is 0 Å². The molecule has 0 saturated heterocycles. The first-order chi connectivity index (χ1) is 15.8. The summed E-state index contributed by atoms with van der Waals surface area (Å²) in [7, 11) is 0. The molecule has 4 rings (SSSR count). The van der Waals surface area contributed by atoms with Gasteiger partial charge in [-0.3, -0.25) is 4.79 Å².